The Kier molecular flexibility index (Phi) is 5.93. The zero-order valence-electron chi connectivity index (χ0n) is 14.7. The summed E-state index contributed by atoms with van der Waals surface area (Å²) in [5.41, 5.74) is -2.16. The Balaban J connectivity index is 1.89. The van der Waals surface area contributed by atoms with E-state index in [1.54, 1.807) is 6.07 Å². The smallest absolute Gasteiger partial charge is 0.244 e. The quantitative estimate of drug-likeness (QED) is 0.663. The molecule has 0 amide bonds. The van der Waals surface area contributed by atoms with Crippen molar-refractivity contribution in [2.24, 2.45) is 0 Å². The molecule has 0 radical (unpaired) electrons. The van der Waals surface area contributed by atoms with Gasteiger partial charge in [-0.1, -0.05) is 0 Å². The molecule has 2 aromatic rings. The molecular weight excluding hydrogens is 474 g/mol. The summed E-state index contributed by atoms with van der Waals surface area (Å²) in [6, 6.07) is 8.14. The van der Waals surface area contributed by atoms with Gasteiger partial charge in [-0.15, -0.1) is 0 Å². The van der Waals surface area contributed by atoms with Gasteiger partial charge in [0, 0.05) is 17.1 Å². The van der Waals surface area contributed by atoms with Crippen molar-refractivity contribution < 1.29 is 32.1 Å². The Labute approximate surface area is 173 Å². The molecule has 2 atom stereocenters. The van der Waals surface area contributed by atoms with E-state index in [2.05, 4.69) is 15.9 Å². The second kappa shape index (κ2) is 7.97. The van der Waals surface area contributed by atoms with Crippen LogP contribution in [0.1, 0.15) is 5.56 Å². The van der Waals surface area contributed by atoms with Gasteiger partial charge in [0.25, 0.3) is 0 Å². The normalized spacial score (nSPS) is 22.4. The molecule has 1 fully saturated rings. The van der Waals surface area contributed by atoms with Crippen molar-refractivity contribution >= 4 is 26.0 Å². The van der Waals surface area contributed by atoms with Crippen molar-refractivity contribution in [3.8, 4) is 11.8 Å². The molecule has 154 valence electrons. The number of sulfonamides is 1. The van der Waals surface area contributed by atoms with E-state index in [0.717, 1.165) is 28.6 Å². The summed E-state index contributed by atoms with van der Waals surface area (Å²) >= 11 is 3.01. The number of benzene rings is 2. The summed E-state index contributed by atoms with van der Waals surface area (Å²) in [7, 11) is -4.16. The van der Waals surface area contributed by atoms with Gasteiger partial charge < -0.3 is 14.9 Å². The van der Waals surface area contributed by atoms with Crippen LogP contribution >= 0.6 is 15.9 Å². The van der Waals surface area contributed by atoms with Gasteiger partial charge in [0.2, 0.25) is 10.0 Å². The Bertz CT molecular complexity index is 1090. The maximum absolute atomic E-state index is 13.8. The van der Waals surface area contributed by atoms with Crippen molar-refractivity contribution in [3.63, 3.8) is 0 Å². The number of aliphatic hydroxyl groups excluding tert-OH is 1. The van der Waals surface area contributed by atoms with Crippen LogP contribution in [0.3, 0.4) is 0 Å². The molecule has 0 unspecified atom stereocenters. The largest absolute Gasteiger partial charge is 0.486 e. The van der Waals surface area contributed by atoms with Crippen LogP contribution in [0.4, 0.5) is 8.78 Å². The Morgan fingerprint density at radius 1 is 1.31 bits per heavy atom. The Hall–Kier alpha value is -2.10. The molecule has 0 bridgehead atoms. The lowest BCUT2D eigenvalue weighted by atomic mass is 10.0. The number of nitrogens with zero attached hydrogens (tertiary/aromatic N) is 2. The number of hydrogen-bond acceptors (Lipinski definition) is 6. The minimum Gasteiger partial charge on any atom is -0.486 e. The Morgan fingerprint density at radius 3 is 2.62 bits per heavy atom. The van der Waals surface area contributed by atoms with E-state index in [4.69, 9.17) is 10.00 Å². The van der Waals surface area contributed by atoms with E-state index >= 15 is 0 Å². The fourth-order valence-corrected chi connectivity index (χ4v) is 5.47. The standard InChI is InChI=1S/C18H15BrF2N2O5S/c19-14-5-12(20)2-4-16(14)29(26,27)23-8-17(18(25,9-23)10-24)28-13-3-1-11(7-22)15(21)6-13/h1-6,17,24-25H,8-10H2/t17-,18-/m0/s1. The van der Waals surface area contributed by atoms with Crippen molar-refractivity contribution in [3.05, 3.63) is 58.1 Å². The maximum atomic E-state index is 13.8. The van der Waals surface area contributed by atoms with Crippen LogP contribution in [-0.4, -0.2) is 54.3 Å². The lowest BCUT2D eigenvalue weighted by Crippen LogP contribution is -2.48. The number of halogens is 3. The van der Waals surface area contributed by atoms with E-state index in [1.807, 2.05) is 0 Å². The number of rotatable bonds is 5. The Morgan fingerprint density at radius 2 is 2.03 bits per heavy atom. The molecule has 1 saturated heterocycles. The van der Waals surface area contributed by atoms with Gasteiger partial charge in [0.1, 0.15) is 35.2 Å². The first-order chi connectivity index (χ1) is 13.6. The monoisotopic (exact) mass is 488 g/mol. The molecule has 1 aliphatic rings. The first-order valence-electron chi connectivity index (χ1n) is 8.25. The molecule has 7 nitrogen and oxygen atoms in total. The number of aliphatic hydroxyl groups is 2. The fraction of sp³-hybridized carbons (Fsp3) is 0.278. The molecule has 1 heterocycles. The van der Waals surface area contributed by atoms with Crippen molar-refractivity contribution in [2.75, 3.05) is 19.7 Å². The topological polar surface area (TPSA) is 111 Å². The number of β-amino-alcohol motifs (C(OH)–C–C–N with tert-alkyl or cyclic N) is 1. The molecule has 11 heteroatoms. The highest BCUT2D eigenvalue weighted by Gasteiger charge is 2.51. The van der Waals surface area contributed by atoms with Crippen LogP contribution < -0.4 is 4.74 Å². The highest BCUT2D eigenvalue weighted by molar-refractivity contribution is 9.10. The first kappa shape index (κ1) is 21.6. The fourth-order valence-electron chi connectivity index (χ4n) is 2.96. The minimum absolute atomic E-state index is 0.00331. The predicted octanol–water partition coefficient (Wildman–Crippen LogP) is 1.77. The molecule has 0 spiro atoms. The van der Waals surface area contributed by atoms with Crippen LogP contribution in [0.25, 0.3) is 0 Å². The van der Waals surface area contributed by atoms with Gasteiger partial charge in [-0.25, -0.2) is 17.2 Å². The summed E-state index contributed by atoms with van der Waals surface area (Å²) < 4.78 is 59.4. The van der Waals surface area contributed by atoms with Crippen molar-refractivity contribution in [2.45, 2.75) is 16.6 Å². The molecule has 0 aliphatic carbocycles. The summed E-state index contributed by atoms with van der Waals surface area (Å²) in [5.74, 6) is -1.51. The number of ether oxygens (including phenoxy) is 1. The van der Waals surface area contributed by atoms with Crippen LogP contribution in [0.15, 0.2) is 45.8 Å². The van der Waals surface area contributed by atoms with E-state index in [-0.39, 0.29) is 27.2 Å². The zero-order valence-corrected chi connectivity index (χ0v) is 17.1. The molecule has 0 saturated carbocycles. The van der Waals surface area contributed by atoms with Crippen molar-refractivity contribution in [1.29, 1.82) is 5.26 Å². The third-order valence-corrected chi connectivity index (χ3v) is 7.33. The van der Waals surface area contributed by atoms with Crippen LogP contribution in [0.5, 0.6) is 5.75 Å². The lowest BCUT2D eigenvalue weighted by molar-refractivity contribution is -0.0641. The van der Waals surface area contributed by atoms with E-state index in [9.17, 15) is 27.4 Å². The van der Waals surface area contributed by atoms with Gasteiger partial charge in [0.15, 0.2) is 0 Å². The summed E-state index contributed by atoms with van der Waals surface area (Å²) in [4.78, 5) is -0.218. The van der Waals surface area contributed by atoms with Gasteiger partial charge in [-0.05, 0) is 46.3 Å². The van der Waals surface area contributed by atoms with Crippen molar-refractivity contribution in [1.82, 2.24) is 4.31 Å². The van der Waals surface area contributed by atoms with Crippen LogP contribution in [0.2, 0.25) is 0 Å². The van der Waals surface area contributed by atoms with E-state index < -0.39 is 46.5 Å². The van der Waals surface area contributed by atoms with Gasteiger partial charge >= 0.3 is 0 Å². The summed E-state index contributed by atoms with van der Waals surface area (Å²) in [6.07, 6.45) is -1.21. The zero-order chi connectivity index (χ0) is 21.4. The highest BCUT2D eigenvalue weighted by Crippen LogP contribution is 2.33. The molecule has 2 aromatic carbocycles. The average Bonchev–Trinajstić information content (AvgIpc) is 2.99. The predicted molar refractivity (Wildman–Crippen MR) is 100 cm³/mol. The van der Waals surface area contributed by atoms with Gasteiger partial charge in [-0.3, -0.25) is 0 Å². The minimum atomic E-state index is -4.16. The SMILES string of the molecule is N#Cc1ccc(O[C@H]2CN(S(=O)(=O)c3ccc(F)cc3Br)C[C@]2(O)CO)cc1F. The van der Waals surface area contributed by atoms with E-state index in [0.29, 0.717) is 0 Å². The van der Waals surface area contributed by atoms with Crippen LogP contribution in [-0.2, 0) is 10.0 Å². The number of nitriles is 1. The molecule has 1 aliphatic heterocycles. The lowest BCUT2D eigenvalue weighted by Gasteiger charge is -2.27. The molecule has 29 heavy (non-hydrogen) atoms. The van der Waals surface area contributed by atoms with E-state index in [1.165, 1.54) is 12.1 Å². The third-order valence-electron chi connectivity index (χ3n) is 4.54. The second-order valence-corrected chi connectivity index (χ2v) is 9.25. The summed E-state index contributed by atoms with van der Waals surface area (Å²) in [5, 5.41) is 29.1. The third kappa shape index (κ3) is 4.12. The molecule has 2 N–H and O–H groups in total. The van der Waals surface area contributed by atoms with Gasteiger partial charge in [-0.2, -0.15) is 9.57 Å². The summed E-state index contributed by atoms with van der Waals surface area (Å²) in [6.45, 7) is -1.64. The molecular formula is C18H15BrF2N2O5S. The maximum Gasteiger partial charge on any atom is 0.244 e. The van der Waals surface area contributed by atoms with Crippen LogP contribution in [0, 0.1) is 23.0 Å². The molecule has 3 rings (SSSR count). The van der Waals surface area contributed by atoms with Gasteiger partial charge in [0.05, 0.1) is 23.6 Å². The average molecular weight is 489 g/mol. The number of hydrogen-bond donors (Lipinski definition) is 2. The molecule has 0 aromatic heterocycles. The highest BCUT2D eigenvalue weighted by atomic mass is 79.9. The first-order valence-corrected chi connectivity index (χ1v) is 10.5. The second-order valence-electron chi connectivity index (χ2n) is 6.49.